The molecule has 1 unspecified atom stereocenters. The number of methoxy groups -OCH3 is 1. The highest BCUT2D eigenvalue weighted by molar-refractivity contribution is 5.90. The van der Waals surface area contributed by atoms with Gasteiger partial charge in [0.05, 0.1) is 37.8 Å². The first kappa shape index (κ1) is 20.5. The molecule has 6 rings (SSSR count). The first-order valence-electron chi connectivity index (χ1n) is 11.2. The molecule has 4 aromatic rings. The summed E-state index contributed by atoms with van der Waals surface area (Å²) in [5.41, 5.74) is 3.13. The van der Waals surface area contributed by atoms with E-state index in [9.17, 15) is 4.79 Å². The number of rotatable bonds is 6. The number of ether oxygens (including phenoxy) is 3. The van der Waals surface area contributed by atoms with Crippen molar-refractivity contribution in [2.75, 3.05) is 13.7 Å². The Bertz CT molecular complexity index is 1370. The third kappa shape index (κ3) is 3.51. The standard InChI is InChI=1S/C24H23N5O5/c1-32-19-5-14(10-28-13-26-18-7-15(24(30)31)8-25-23(18)28)6-20-22(19)34-21(12-33-20)16-9-27-29(11-16)17-3-2-4-17/h5-9,11,13,17,21H,2-4,10,12H2,1H3,(H,30,31). The highest BCUT2D eigenvalue weighted by atomic mass is 16.6. The van der Waals surface area contributed by atoms with E-state index in [0.717, 1.165) is 11.1 Å². The van der Waals surface area contributed by atoms with Gasteiger partial charge in [-0.1, -0.05) is 0 Å². The summed E-state index contributed by atoms with van der Waals surface area (Å²) in [6.45, 7) is 0.837. The van der Waals surface area contributed by atoms with E-state index < -0.39 is 5.97 Å². The van der Waals surface area contributed by atoms with Gasteiger partial charge in [-0.2, -0.15) is 5.10 Å². The van der Waals surface area contributed by atoms with Crippen LogP contribution >= 0.6 is 0 Å². The molecule has 1 aliphatic heterocycles. The first-order chi connectivity index (χ1) is 16.6. The van der Waals surface area contributed by atoms with Crippen LogP contribution in [0.3, 0.4) is 0 Å². The Labute approximate surface area is 194 Å². The molecule has 1 aromatic carbocycles. The maximum absolute atomic E-state index is 11.2. The van der Waals surface area contributed by atoms with Gasteiger partial charge in [0.15, 0.2) is 23.3 Å². The van der Waals surface area contributed by atoms with Crippen molar-refractivity contribution in [1.82, 2.24) is 24.3 Å². The van der Waals surface area contributed by atoms with E-state index in [2.05, 4.69) is 21.3 Å². The van der Waals surface area contributed by atoms with Crippen LogP contribution in [-0.4, -0.2) is 49.1 Å². The van der Waals surface area contributed by atoms with E-state index in [0.29, 0.717) is 47.6 Å². The van der Waals surface area contributed by atoms with Crippen LogP contribution in [0.4, 0.5) is 0 Å². The fourth-order valence-corrected chi connectivity index (χ4v) is 4.35. The number of aromatic carboxylic acids is 1. The van der Waals surface area contributed by atoms with Gasteiger partial charge in [-0.15, -0.1) is 0 Å². The molecular formula is C24H23N5O5. The fraction of sp³-hybridized carbons (Fsp3) is 0.333. The Morgan fingerprint density at radius 2 is 2.12 bits per heavy atom. The van der Waals surface area contributed by atoms with Crippen LogP contribution in [0.5, 0.6) is 17.2 Å². The summed E-state index contributed by atoms with van der Waals surface area (Å²) in [7, 11) is 1.60. The van der Waals surface area contributed by atoms with Crippen molar-refractivity contribution >= 4 is 17.1 Å². The number of fused-ring (bicyclic) bond motifs is 2. The molecule has 10 heteroatoms. The molecular weight excluding hydrogens is 438 g/mol. The van der Waals surface area contributed by atoms with Crippen molar-refractivity contribution in [3.8, 4) is 17.2 Å². The smallest absolute Gasteiger partial charge is 0.337 e. The number of hydrogen-bond donors (Lipinski definition) is 1. The van der Waals surface area contributed by atoms with Crippen LogP contribution in [0.1, 0.15) is 52.9 Å². The van der Waals surface area contributed by atoms with E-state index in [1.807, 2.05) is 27.6 Å². The SMILES string of the molecule is COc1cc(Cn2cnc3cc(C(=O)O)cnc32)cc2c1OC(c1cnn(C3CCC3)c1)CO2. The van der Waals surface area contributed by atoms with Gasteiger partial charge >= 0.3 is 5.97 Å². The number of hydrogen-bond acceptors (Lipinski definition) is 7. The molecule has 34 heavy (non-hydrogen) atoms. The zero-order chi connectivity index (χ0) is 23.2. The highest BCUT2D eigenvalue weighted by Gasteiger charge is 2.29. The molecule has 0 saturated heterocycles. The second-order valence-corrected chi connectivity index (χ2v) is 8.63. The van der Waals surface area contributed by atoms with Crippen LogP contribution in [0.2, 0.25) is 0 Å². The molecule has 0 bridgehead atoms. The summed E-state index contributed by atoms with van der Waals surface area (Å²) in [6.07, 6.45) is 10.2. The van der Waals surface area contributed by atoms with Gasteiger partial charge in [-0.25, -0.2) is 14.8 Å². The summed E-state index contributed by atoms with van der Waals surface area (Å²) < 4.78 is 21.9. The van der Waals surface area contributed by atoms with Crippen molar-refractivity contribution < 1.29 is 24.1 Å². The molecule has 0 spiro atoms. The largest absolute Gasteiger partial charge is 0.493 e. The summed E-state index contributed by atoms with van der Waals surface area (Å²) in [5.74, 6) is 0.726. The van der Waals surface area contributed by atoms with Crippen molar-refractivity contribution in [3.63, 3.8) is 0 Å². The van der Waals surface area contributed by atoms with Gasteiger partial charge in [0.1, 0.15) is 12.1 Å². The van der Waals surface area contributed by atoms with E-state index >= 15 is 0 Å². The summed E-state index contributed by atoms with van der Waals surface area (Å²) in [6, 6.07) is 5.83. The Morgan fingerprint density at radius 3 is 2.88 bits per heavy atom. The predicted octanol–water partition coefficient (Wildman–Crippen LogP) is 3.62. The minimum absolute atomic E-state index is 0.103. The lowest BCUT2D eigenvalue weighted by atomic mass is 9.93. The van der Waals surface area contributed by atoms with Crippen LogP contribution in [0.15, 0.2) is 43.1 Å². The zero-order valence-electron chi connectivity index (χ0n) is 18.5. The maximum Gasteiger partial charge on any atom is 0.337 e. The van der Waals surface area contributed by atoms with E-state index in [1.165, 1.54) is 31.5 Å². The molecule has 1 N–H and O–H groups in total. The number of pyridine rings is 1. The van der Waals surface area contributed by atoms with E-state index in [4.69, 9.17) is 19.3 Å². The normalized spacial score (nSPS) is 17.5. The Balaban J connectivity index is 1.25. The number of carboxylic acids is 1. The number of benzene rings is 1. The molecule has 1 saturated carbocycles. The lowest BCUT2D eigenvalue weighted by Crippen LogP contribution is -2.22. The number of carboxylic acid groups (broad SMARTS) is 1. The summed E-state index contributed by atoms with van der Waals surface area (Å²) >= 11 is 0. The van der Waals surface area contributed by atoms with Gasteiger partial charge in [0.2, 0.25) is 5.75 Å². The summed E-state index contributed by atoms with van der Waals surface area (Å²) in [4.78, 5) is 19.8. The van der Waals surface area contributed by atoms with E-state index in [-0.39, 0.29) is 11.7 Å². The average molecular weight is 461 g/mol. The molecule has 3 aromatic heterocycles. The zero-order valence-corrected chi connectivity index (χ0v) is 18.5. The fourth-order valence-electron chi connectivity index (χ4n) is 4.35. The summed E-state index contributed by atoms with van der Waals surface area (Å²) in [5, 5.41) is 13.7. The predicted molar refractivity (Wildman–Crippen MR) is 121 cm³/mol. The molecule has 1 fully saturated rings. The van der Waals surface area contributed by atoms with Crippen molar-refractivity contribution in [2.45, 2.75) is 38.0 Å². The third-order valence-corrected chi connectivity index (χ3v) is 6.45. The third-order valence-electron chi connectivity index (χ3n) is 6.45. The topological polar surface area (TPSA) is 114 Å². The van der Waals surface area contributed by atoms with E-state index in [1.54, 1.807) is 13.4 Å². The number of carbonyl (C=O) groups is 1. The Hall–Kier alpha value is -4.08. The van der Waals surface area contributed by atoms with Crippen molar-refractivity contribution in [2.24, 2.45) is 0 Å². The number of aromatic nitrogens is 5. The van der Waals surface area contributed by atoms with Gasteiger partial charge in [0, 0.05) is 18.0 Å². The van der Waals surface area contributed by atoms with Gasteiger partial charge in [0.25, 0.3) is 0 Å². The first-order valence-corrected chi connectivity index (χ1v) is 11.2. The van der Waals surface area contributed by atoms with Crippen molar-refractivity contribution in [3.05, 3.63) is 59.8 Å². The van der Waals surface area contributed by atoms with Crippen LogP contribution < -0.4 is 14.2 Å². The Morgan fingerprint density at radius 1 is 1.24 bits per heavy atom. The molecule has 1 atom stereocenters. The lowest BCUT2D eigenvalue weighted by Gasteiger charge is -2.28. The minimum atomic E-state index is -1.03. The monoisotopic (exact) mass is 461 g/mol. The van der Waals surface area contributed by atoms with Crippen LogP contribution in [-0.2, 0) is 6.54 Å². The quantitative estimate of drug-likeness (QED) is 0.463. The molecule has 10 nitrogen and oxygen atoms in total. The van der Waals surface area contributed by atoms with Gasteiger partial charge < -0.3 is 23.9 Å². The van der Waals surface area contributed by atoms with Gasteiger partial charge in [-0.3, -0.25) is 4.68 Å². The number of imidazole rings is 1. The van der Waals surface area contributed by atoms with Crippen molar-refractivity contribution in [1.29, 1.82) is 0 Å². The highest BCUT2D eigenvalue weighted by Crippen LogP contribution is 2.44. The second-order valence-electron chi connectivity index (χ2n) is 8.63. The van der Waals surface area contributed by atoms with Gasteiger partial charge in [-0.05, 0) is 43.0 Å². The molecule has 4 heterocycles. The molecule has 0 amide bonds. The lowest BCUT2D eigenvalue weighted by molar-refractivity contribution is 0.0696. The second kappa shape index (κ2) is 8.05. The average Bonchev–Trinajstić information content (AvgIpc) is 3.44. The Kier molecular flexibility index (Phi) is 4.86. The molecule has 1 aliphatic carbocycles. The minimum Gasteiger partial charge on any atom is -0.493 e. The molecule has 0 radical (unpaired) electrons. The maximum atomic E-state index is 11.2. The number of nitrogens with zero attached hydrogens (tertiary/aromatic N) is 5. The molecule has 2 aliphatic rings. The van der Waals surface area contributed by atoms with Crippen LogP contribution in [0.25, 0.3) is 11.2 Å². The molecule has 174 valence electrons. The van der Waals surface area contributed by atoms with Crippen LogP contribution in [0, 0.1) is 0 Å².